The number of aromatic nitrogens is 2. The predicted octanol–water partition coefficient (Wildman–Crippen LogP) is 3.28. The lowest BCUT2D eigenvalue weighted by Gasteiger charge is -2.20. The van der Waals surface area contributed by atoms with Gasteiger partial charge in [0.1, 0.15) is 12.4 Å². The fourth-order valence-electron chi connectivity index (χ4n) is 3.70. The summed E-state index contributed by atoms with van der Waals surface area (Å²) in [5.74, 6) is 0.382. The van der Waals surface area contributed by atoms with E-state index in [-0.39, 0.29) is 18.2 Å². The van der Waals surface area contributed by atoms with Crippen LogP contribution in [0.15, 0.2) is 54.4 Å². The summed E-state index contributed by atoms with van der Waals surface area (Å²) in [4.78, 5) is 8.90. The second kappa shape index (κ2) is 8.51. The van der Waals surface area contributed by atoms with E-state index in [1.54, 1.807) is 18.5 Å². The molecule has 1 aliphatic heterocycles. The molecule has 1 aliphatic rings. The standard InChI is InChI=1S/C23H24FN5O/c1-2-27-21-15(11-25)8-14-4-3-7-28-22(14)19-6-5-18(24)9-17(19)13-30-20-10-16(21)12-29-23(20)26/h3-7,9-10,12,27H,2,8,11,13,25H2,1H3,(H2,26,29)/b21-15-. The summed E-state index contributed by atoms with van der Waals surface area (Å²) in [7, 11) is 0. The lowest BCUT2D eigenvalue weighted by atomic mass is 9.94. The van der Waals surface area contributed by atoms with Crippen LogP contribution in [-0.4, -0.2) is 23.1 Å². The van der Waals surface area contributed by atoms with Crippen LogP contribution < -0.4 is 21.5 Å². The third-order valence-corrected chi connectivity index (χ3v) is 5.12. The Morgan fingerprint density at radius 3 is 2.83 bits per heavy atom. The first kappa shape index (κ1) is 19.8. The highest BCUT2D eigenvalue weighted by Crippen LogP contribution is 2.32. The Bertz CT molecular complexity index is 1110. The van der Waals surface area contributed by atoms with Crippen LogP contribution in [0.25, 0.3) is 17.0 Å². The molecule has 0 atom stereocenters. The molecule has 3 heterocycles. The second-order valence-corrected chi connectivity index (χ2v) is 7.10. The first-order valence-corrected chi connectivity index (χ1v) is 9.88. The summed E-state index contributed by atoms with van der Waals surface area (Å²) in [5, 5.41) is 3.42. The third kappa shape index (κ3) is 3.84. The lowest BCUT2D eigenvalue weighted by molar-refractivity contribution is 0.306. The zero-order chi connectivity index (χ0) is 21.1. The maximum atomic E-state index is 14.0. The van der Waals surface area contributed by atoms with Gasteiger partial charge in [0.2, 0.25) is 0 Å². The van der Waals surface area contributed by atoms with E-state index in [1.807, 2.05) is 25.1 Å². The fourth-order valence-corrected chi connectivity index (χ4v) is 3.70. The van der Waals surface area contributed by atoms with Crippen LogP contribution in [0.3, 0.4) is 0 Å². The number of hydrogen-bond acceptors (Lipinski definition) is 6. The van der Waals surface area contributed by atoms with Gasteiger partial charge in [-0.3, -0.25) is 4.98 Å². The van der Waals surface area contributed by atoms with Crippen molar-refractivity contribution in [1.29, 1.82) is 0 Å². The SMILES string of the molecule is CCN/C1=C(\CN)Cc2cccnc2-c2ccc(F)cc2COc2cc1cnc2N. The van der Waals surface area contributed by atoms with E-state index in [0.29, 0.717) is 24.3 Å². The van der Waals surface area contributed by atoms with E-state index in [9.17, 15) is 4.39 Å². The van der Waals surface area contributed by atoms with Crippen LogP contribution in [0.1, 0.15) is 23.6 Å². The van der Waals surface area contributed by atoms with Crippen LogP contribution >= 0.6 is 0 Å². The minimum absolute atomic E-state index is 0.141. The zero-order valence-electron chi connectivity index (χ0n) is 16.8. The van der Waals surface area contributed by atoms with Gasteiger partial charge in [-0.05, 0) is 54.8 Å². The van der Waals surface area contributed by atoms with Crippen molar-refractivity contribution >= 4 is 11.5 Å². The van der Waals surface area contributed by atoms with Crippen LogP contribution in [0.2, 0.25) is 0 Å². The van der Waals surface area contributed by atoms with Crippen molar-refractivity contribution in [3.8, 4) is 17.0 Å². The van der Waals surface area contributed by atoms with Crippen molar-refractivity contribution < 1.29 is 9.13 Å². The van der Waals surface area contributed by atoms with Gasteiger partial charge in [-0.2, -0.15) is 0 Å². The van der Waals surface area contributed by atoms with Gasteiger partial charge in [0, 0.05) is 47.9 Å². The van der Waals surface area contributed by atoms with Gasteiger partial charge in [-0.25, -0.2) is 9.37 Å². The van der Waals surface area contributed by atoms with E-state index in [1.165, 1.54) is 12.1 Å². The summed E-state index contributed by atoms with van der Waals surface area (Å²) in [6.07, 6.45) is 4.04. The highest BCUT2D eigenvalue weighted by molar-refractivity contribution is 5.73. The Morgan fingerprint density at radius 2 is 2.03 bits per heavy atom. The predicted molar refractivity (Wildman–Crippen MR) is 116 cm³/mol. The van der Waals surface area contributed by atoms with E-state index < -0.39 is 0 Å². The first-order valence-electron chi connectivity index (χ1n) is 9.88. The number of ether oxygens (including phenoxy) is 1. The molecule has 0 aliphatic carbocycles. The van der Waals surface area contributed by atoms with Gasteiger partial charge in [-0.1, -0.05) is 6.07 Å². The molecule has 0 saturated carbocycles. The Balaban J connectivity index is 1.98. The quantitative estimate of drug-likeness (QED) is 0.619. The van der Waals surface area contributed by atoms with E-state index >= 15 is 0 Å². The van der Waals surface area contributed by atoms with Crippen LogP contribution in [0.4, 0.5) is 10.2 Å². The van der Waals surface area contributed by atoms with Crippen molar-refractivity contribution in [2.24, 2.45) is 5.73 Å². The maximum Gasteiger partial charge on any atom is 0.166 e. The Kier molecular flexibility index (Phi) is 5.63. The molecule has 154 valence electrons. The number of rotatable bonds is 3. The van der Waals surface area contributed by atoms with Crippen molar-refractivity contribution in [2.75, 3.05) is 18.8 Å². The molecular weight excluding hydrogens is 381 g/mol. The average Bonchev–Trinajstić information content (AvgIpc) is 2.75. The molecule has 7 heteroatoms. The van der Waals surface area contributed by atoms with E-state index in [2.05, 4.69) is 15.3 Å². The molecule has 6 nitrogen and oxygen atoms in total. The van der Waals surface area contributed by atoms with Crippen LogP contribution in [0.5, 0.6) is 5.75 Å². The zero-order valence-corrected chi connectivity index (χ0v) is 16.8. The summed E-state index contributed by atoms with van der Waals surface area (Å²) in [6, 6.07) is 10.4. The summed E-state index contributed by atoms with van der Waals surface area (Å²) in [6.45, 7) is 3.25. The molecule has 0 saturated heterocycles. The normalized spacial score (nSPS) is 15.8. The van der Waals surface area contributed by atoms with Crippen molar-refractivity contribution in [3.63, 3.8) is 0 Å². The molecule has 0 amide bonds. The molecule has 0 fully saturated rings. The summed E-state index contributed by atoms with van der Waals surface area (Å²) < 4.78 is 20.0. The smallest absolute Gasteiger partial charge is 0.166 e. The summed E-state index contributed by atoms with van der Waals surface area (Å²) >= 11 is 0. The van der Waals surface area contributed by atoms with Gasteiger partial charge in [-0.15, -0.1) is 0 Å². The molecule has 1 aromatic carbocycles. The van der Waals surface area contributed by atoms with Crippen molar-refractivity contribution in [2.45, 2.75) is 20.0 Å². The number of fused-ring (bicyclic) bond motifs is 5. The van der Waals surface area contributed by atoms with Crippen LogP contribution in [-0.2, 0) is 13.0 Å². The number of nitrogens with zero attached hydrogens (tertiary/aromatic N) is 2. The van der Waals surface area contributed by atoms with E-state index in [4.69, 9.17) is 16.2 Å². The molecule has 0 unspecified atom stereocenters. The fraction of sp³-hybridized carbons (Fsp3) is 0.217. The third-order valence-electron chi connectivity index (χ3n) is 5.12. The number of nitrogen functional groups attached to an aromatic ring is 1. The van der Waals surface area contributed by atoms with E-state index in [0.717, 1.165) is 40.2 Å². The topological polar surface area (TPSA) is 99.1 Å². The molecule has 0 spiro atoms. The lowest BCUT2D eigenvalue weighted by Crippen LogP contribution is -2.19. The van der Waals surface area contributed by atoms with Crippen molar-refractivity contribution in [1.82, 2.24) is 15.3 Å². The molecule has 2 aromatic heterocycles. The highest BCUT2D eigenvalue weighted by Gasteiger charge is 2.18. The number of hydrogen-bond donors (Lipinski definition) is 3. The molecular formula is C23H24FN5O. The van der Waals surface area contributed by atoms with Gasteiger partial charge in [0.25, 0.3) is 0 Å². The second-order valence-electron chi connectivity index (χ2n) is 7.10. The first-order chi connectivity index (χ1) is 14.6. The largest absolute Gasteiger partial charge is 0.485 e. The minimum atomic E-state index is -0.334. The number of anilines is 1. The Labute approximate surface area is 174 Å². The molecule has 4 rings (SSSR count). The van der Waals surface area contributed by atoms with Gasteiger partial charge < -0.3 is 21.5 Å². The molecule has 3 aromatic rings. The summed E-state index contributed by atoms with van der Waals surface area (Å²) in [5.41, 5.74) is 18.3. The minimum Gasteiger partial charge on any atom is -0.485 e. The number of pyridine rings is 2. The number of halogens is 1. The molecule has 0 radical (unpaired) electrons. The number of benzene rings is 1. The Morgan fingerprint density at radius 1 is 1.17 bits per heavy atom. The number of nitrogens with one attached hydrogen (secondary N) is 1. The van der Waals surface area contributed by atoms with Gasteiger partial charge in [0.15, 0.2) is 11.6 Å². The highest BCUT2D eigenvalue weighted by atomic mass is 19.1. The van der Waals surface area contributed by atoms with Gasteiger partial charge >= 0.3 is 0 Å². The maximum absolute atomic E-state index is 14.0. The van der Waals surface area contributed by atoms with Crippen LogP contribution in [0, 0.1) is 5.82 Å². The molecule has 30 heavy (non-hydrogen) atoms. The number of nitrogens with two attached hydrogens (primary N) is 2. The van der Waals surface area contributed by atoms with Gasteiger partial charge in [0.05, 0.1) is 5.69 Å². The Hall–Kier alpha value is -3.45. The molecule has 2 bridgehead atoms. The average molecular weight is 405 g/mol. The molecule has 5 N–H and O–H groups in total. The monoisotopic (exact) mass is 405 g/mol. The van der Waals surface area contributed by atoms with Crippen molar-refractivity contribution in [3.05, 3.63) is 76.9 Å².